The van der Waals surface area contributed by atoms with E-state index in [1.165, 1.54) is 23.5 Å². The Kier molecular flexibility index (Phi) is 5.83. The summed E-state index contributed by atoms with van der Waals surface area (Å²) in [6.07, 6.45) is 1.09. The maximum absolute atomic E-state index is 13.2. The van der Waals surface area contributed by atoms with Crippen molar-refractivity contribution < 1.29 is 22.7 Å². The molecular formula is C18H21NO5S2. The van der Waals surface area contributed by atoms with E-state index in [0.29, 0.717) is 42.4 Å². The highest BCUT2D eigenvalue weighted by atomic mass is 32.2. The van der Waals surface area contributed by atoms with Gasteiger partial charge in [0.05, 0.1) is 4.90 Å². The molecule has 3 rings (SSSR count). The predicted molar refractivity (Wildman–Crippen MR) is 99.6 cm³/mol. The minimum absolute atomic E-state index is 0.0378. The molecule has 1 aromatic heterocycles. The van der Waals surface area contributed by atoms with Crippen LogP contribution in [0, 0.1) is 0 Å². The first-order valence-corrected chi connectivity index (χ1v) is 10.9. The molecule has 6 nitrogen and oxygen atoms in total. The van der Waals surface area contributed by atoms with Crippen molar-refractivity contribution >= 4 is 27.1 Å². The van der Waals surface area contributed by atoms with Crippen LogP contribution in [0.1, 0.15) is 29.9 Å². The predicted octanol–water partition coefficient (Wildman–Crippen LogP) is 2.95. The maximum atomic E-state index is 13.2. The summed E-state index contributed by atoms with van der Waals surface area (Å²) >= 11 is 1.36. The Labute approximate surface area is 157 Å². The molecule has 0 aliphatic carbocycles. The largest absolute Gasteiger partial charge is 0.486 e. The molecule has 8 heteroatoms. The lowest BCUT2D eigenvalue weighted by Gasteiger charge is -2.21. The highest BCUT2D eigenvalue weighted by Crippen LogP contribution is 2.37. The zero-order valence-electron chi connectivity index (χ0n) is 14.4. The number of carbonyl (C=O) groups is 1. The molecule has 1 amide bonds. The highest BCUT2D eigenvalue weighted by molar-refractivity contribution is 7.91. The molecule has 1 aliphatic rings. The number of nitrogens with one attached hydrogen (secondary N) is 1. The SMILES string of the molecule is CCCC(=O)NC[C@@H](c1cccs1)S(=O)(=O)c1ccc2c(c1)OCCO2. The first kappa shape index (κ1) is 18.7. The van der Waals surface area contributed by atoms with Gasteiger partial charge in [-0.2, -0.15) is 0 Å². The van der Waals surface area contributed by atoms with Crippen molar-refractivity contribution in [2.24, 2.45) is 0 Å². The van der Waals surface area contributed by atoms with Gasteiger partial charge in [-0.05, 0) is 30.0 Å². The number of hydrogen-bond donors (Lipinski definition) is 1. The summed E-state index contributed by atoms with van der Waals surface area (Å²) < 4.78 is 37.5. The van der Waals surface area contributed by atoms with Crippen LogP contribution in [0.4, 0.5) is 0 Å². The van der Waals surface area contributed by atoms with Crippen LogP contribution in [-0.2, 0) is 14.6 Å². The van der Waals surface area contributed by atoms with Crippen molar-refractivity contribution in [3.63, 3.8) is 0 Å². The molecule has 0 fully saturated rings. The van der Waals surface area contributed by atoms with E-state index < -0.39 is 15.1 Å². The van der Waals surface area contributed by atoms with Crippen LogP contribution < -0.4 is 14.8 Å². The molecule has 26 heavy (non-hydrogen) atoms. The Morgan fingerprint density at radius 1 is 1.23 bits per heavy atom. The zero-order valence-corrected chi connectivity index (χ0v) is 16.1. The van der Waals surface area contributed by atoms with E-state index >= 15 is 0 Å². The van der Waals surface area contributed by atoms with Crippen molar-refractivity contribution in [1.82, 2.24) is 5.32 Å². The minimum atomic E-state index is -3.71. The third kappa shape index (κ3) is 4.02. The summed E-state index contributed by atoms with van der Waals surface area (Å²) in [5, 5.41) is 3.73. The van der Waals surface area contributed by atoms with Gasteiger partial charge in [-0.1, -0.05) is 13.0 Å². The van der Waals surface area contributed by atoms with Gasteiger partial charge < -0.3 is 14.8 Å². The first-order chi connectivity index (χ1) is 12.5. The van der Waals surface area contributed by atoms with Crippen LogP contribution in [0.2, 0.25) is 0 Å². The Hall–Kier alpha value is -2.06. The van der Waals surface area contributed by atoms with Crippen LogP contribution in [0.5, 0.6) is 11.5 Å². The van der Waals surface area contributed by atoms with Crippen molar-refractivity contribution in [2.45, 2.75) is 29.9 Å². The van der Waals surface area contributed by atoms with Gasteiger partial charge in [-0.15, -0.1) is 11.3 Å². The summed E-state index contributed by atoms with van der Waals surface area (Å²) in [5.74, 6) is 0.822. The van der Waals surface area contributed by atoms with Crippen molar-refractivity contribution in [1.29, 1.82) is 0 Å². The fraction of sp³-hybridized carbons (Fsp3) is 0.389. The molecule has 0 unspecified atom stereocenters. The Morgan fingerprint density at radius 3 is 2.69 bits per heavy atom. The highest BCUT2D eigenvalue weighted by Gasteiger charge is 2.31. The topological polar surface area (TPSA) is 81.7 Å². The normalized spacial score (nSPS) is 14.7. The van der Waals surface area contributed by atoms with E-state index in [2.05, 4.69) is 5.32 Å². The van der Waals surface area contributed by atoms with Gasteiger partial charge in [0.1, 0.15) is 18.5 Å². The Bertz CT molecular complexity index is 862. The fourth-order valence-electron chi connectivity index (χ4n) is 2.72. The van der Waals surface area contributed by atoms with Crippen LogP contribution in [0.3, 0.4) is 0 Å². The molecule has 1 aromatic carbocycles. The van der Waals surface area contributed by atoms with E-state index in [4.69, 9.17) is 9.47 Å². The minimum Gasteiger partial charge on any atom is -0.486 e. The number of amides is 1. The number of hydrogen-bond acceptors (Lipinski definition) is 6. The third-order valence-corrected chi connectivity index (χ3v) is 7.25. The first-order valence-electron chi connectivity index (χ1n) is 8.46. The number of sulfone groups is 1. The quantitative estimate of drug-likeness (QED) is 0.779. The van der Waals surface area contributed by atoms with Crippen LogP contribution in [-0.4, -0.2) is 34.1 Å². The molecule has 0 spiro atoms. The molecule has 140 valence electrons. The molecule has 0 radical (unpaired) electrons. The third-order valence-electron chi connectivity index (χ3n) is 4.04. The van der Waals surface area contributed by atoms with Gasteiger partial charge in [0.2, 0.25) is 5.91 Å². The van der Waals surface area contributed by atoms with Crippen LogP contribution in [0.25, 0.3) is 0 Å². The molecule has 1 N–H and O–H groups in total. The Morgan fingerprint density at radius 2 is 2.00 bits per heavy atom. The average Bonchev–Trinajstić information content (AvgIpc) is 3.15. The van der Waals surface area contributed by atoms with E-state index in [-0.39, 0.29) is 17.3 Å². The van der Waals surface area contributed by atoms with Gasteiger partial charge in [0.15, 0.2) is 21.3 Å². The molecular weight excluding hydrogens is 374 g/mol. The van der Waals surface area contributed by atoms with E-state index in [9.17, 15) is 13.2 Å². The van der Waals surface area contributed by atoms with Gasteiger partial charge in [0, 0.05) is 23.9 Å². The number of thiophene rings is 1. The molecule has 0 bridgehead atoms. The van der Waals surface area contributed by atoms with Gasteiger partial charge in [0.25, 0.3) is 0 Å². The summed E-state index contributed by atoms with van der Waals surface area (Å²) in [6, 6.07) is 8.22. The number of ether oxygens (including phenoxy) is 2. The lowest BCUT2D eigenvalue weighted by atomic mass is 10.3. The average molecular weight is 396 g/mol. The van der Waals surface area contributed by atoms with Gasteiger partial charge in [-0.25, -0.2) is 8.42 Å². The molecule has 2 heterocycles. The second-order valence-electron chi connectivity index (χ2n) is 5.91. The van der Waals surface area contributed by atoms with Crippen LogP contribution in [0.15, 0.2) is 40.6 Å². The molecule has 2 aromatic rings. The summed E-state index contributed by atoms with van der Waals surface area (Å²) in [6.45, 7) is 2.77. The van der Waals surface area contributed by atoms with Gasteiger partial charge in [-0.3, -0.25) is 4.79 Å². The standard InChI is InChI=1S/C18H21NO5S2/c1-2-4-18(20)19-12-17(16-5-3-10-25-16)26(21,22)13-6-7-14-15(11-13)24-9-8-23-14/h3,5-7,10-11,17H,2,4,8-9,12H2,1H3,(H,19,20)/t17-/m0/s1. The summed E-state index contributed by atoms with van der Waals surface area (Å²) in [4.78, 5) is 12.7. The lowest BCUT2D eigenvalue weighted by molar-refractivity contribution is -0.121. The smallest absolute Gasteiger partial charge is 0.220 e. The Balaban J connectivity index is 1.90. The number of rotatable bonds is 7. The van der Waals surface area contributed by atoms with E-state index in [0.717, 1.165) is 0 Å². The summed E-state index contributed by atoms with van der Waals surface area (Å²) in [7, 11) is -3.71. The van der Waals surface area contributed by atoms with Gasteiger partial charge >= 0.3 is 0 Å². The lowest BCUT2D eigenvalue weighted by Crippen LogP contribution is -2.31. The molecule has 0 saturated heterocycles. The number of carbonyl (C=O) groups excluding carboxylic acids is 1. The number of fused-ring (bicyclic) bond motifs is 1. The van der Waals surface area contributed by atoms with Crippen molar-refractivity contribution in [3.8, 4) is 11.5 Å². The molecule has 1 atom stereocenters. The monoisotopic (exact) mass is 395 g/mol. The second-order valence-corrected chi connectivity index (χ2v) is 9.02. The number of benzene rings is 1. The van der Waals surface area contributed by atoms with Crippen molar-refractivity contribution in [2.75, 3.05) is 19.8 Å². The van der Waals surface area contributed by atoms with E-state index in [1.54, 1.807) is 18.2 Å². The van der Waals surface area contributed by atoms with Crippen molar-refractivity contribution in [3.05, 3.63) is 40.6 Å². The molecule has 1 aliphatic heterocycles. The fourth-order valence-corrected chi connectivity index (χ4v) is 5.52. The van der Waals surface area contributed by atoms with Crippen LogP contribution >= 0.6 is 11.3 Å². The molecule has 0 saturated carbocycles. The zero-order chi connectivity index (χ0) is 18.6. The second kappa shape index (κ2) is 8.09. The maximum Gasteiger partial charge on any atom is 0.220 e. The van der Waals surface area contributed by atoms with E-state index in [1.807, 2.05) is 12.3 Å². The summed E-state index contributed by atoms with van der Waals surface area (Å²) in [5.41, 5.74) is 0.